The van der Waals surface area contributed by atoms with Gasteiger partial charge in [-0.3, -0.25) is 0 Å². The quantitative estimate of drug-likeness (QED) is 0.466. The van der Waals surface area contributed by atoms with Crippen LogP contribution in [-0.4, -0.2) is 6.29 Å². The molecule has 1 aliphatic carbocycles. The molecule has 0 spiro atoms. The maximum atomic E-state index is 10.0. The Kier molecular flexibility index (Phi) is 1.29. The van der Waals surface area contributed by atoms with Crippen LogP contribution in [0.5, 0.6) is 0 Å². The normalized spacial score (nSPS) is 34.9. The van der Waals surface area contributed by atoms with E-state index in [4.69, 9.17) is 5.26 Å². The van der Waals surface area contributed by atoms with Crippen molar-refractivity contribution in [3.8, 4) is 6.07 Å². The fourth-order valence-electron chi connectivity index (χ4n) is 0.849. The molecule has 1 fully saturated rings. The largest absolute Gasteiger partial charge is 0.303 e. The second-order valence-corrected chi connectivity index (χ2v) is 2.11. The molecule has 0 aliphatic heterocycles. The SMILES string of the molecule is N#CC1CCC1C=O. The maximum Gasteiger partial charge on any atom is 0.124 e. The van der Waals surface area contributed by atoms with Crippen LogP contribution in [0.15, 0.2) is 0 Å². The second-order valence-electron chi connectivity index (χ2n) is 2.11. The molecule has 0 aromatic carbocycles. The first-order chi connectivity index (χ1) is 3.88. The highest BCUT2D eigenvalue weighted by atomic mass is 16.1. The van der Waals surface area contributed by atoms with Crippen molar-refractivity contribution in [2.45, 2.75) is 12.8 Å². The van der Waals surface area contributed by atoms with Crippen molar-refractivity contribution < 1.29 is 4.79 Å². The van der Waals surface area contributed by atoms with Crippen LogP contribution in [0.25, 0.3) is 0 Å². The zero-order chi connectivity index (χ0) is 5.98. The minimum Gasteiger partial charge on any atom is -0.303 e. The molecular weight excluding hydrogens is 102 g/mol. The van der Waals surface area contributed by atoms with Gasteiger partial charge in [-0.05, 0) is 12.8 Å². The molecule has 0 aromatic rings. The van der Waals surface area contributed by atoms with Crippen molar-refractivity contribution in [2.24, 2.45) is 11.8 Å². The topological polar surface area (TPSA) is 40.9 Å². The van der Waals surface area contributed by atoms with Gasteiger partial charge in [-0.2, -0.15) is 5.26 Å². The van der Waals surface area contributed by atoms with Gasteiger partial charge in [-0.1, -0.05) is 0 Å². The molecule has 0 radical (unpaired) electrons. The highest BCUT2D eigenvalue weighted by molar-refractivity contribution is 5.56. The highest BCUT2D eigenvalue weighted by Crippen LogP contribution is 2.31. The summed E-state index contributed by atoms with van der Waals surface area (Å²) < 4.78 is 0. The summed E-state index contributed by atoms with van der Waals surface area (Å²) in [5.41, 5.74) is 0. The first kappa shape index (κ1) is 5.30. The van der Waals surface area contributed by atoms with E-state index in [1.54, 1.807) is 0 Å². The summed E-state index contributed by atoms with van der Waals surface area (Å²) in [6, 6.07) is 2.07. The van der Waals surface area contributed by atoms with Gasteiger partial charge in [0.2, 0.25) is 0 Å². The Labute approximate surface area is 48.1 Å². The smallest absolute Gasteiger partial charge is 0.124 e. The van der Waals surface area contributed by atoms with Crippen LogP contribution in [0.2, 0.25) is 0 Å². The summed E-state index contributed by atoms with van der Waals surface area (Å²) in [4.78, 5) is 10.0. The Hall–Kier alpha value is -0.840. The first-order valence-corrected chi connectivity index (χ1v) is 2.73. The predicted molar refractivity (Wildman–Crippen MR) is 27.9 cm³/mol. The lowest BCUT2D eigenvalue weighted by atomic mass is 9.76. The second kappa shape index (κ2) is 1.95. The molecule has 0 bridgehead atoms. The van der Waals surface area contributed by atoms with Crippen molar-refractivity contribution in [3.63, 3.8) is 0 Å². The third kappa shape index (κ3) is 0.604. The minimum atomic E-state index is 0.0347. The summed E-state index contributed by atoms with van der Waals surface area (Å²) in [6.45, 7) is 0. The number of hydrogen-bond donors (Lipinski definition) is 0. The Bertz CT molecular complexity index is 136. The van der Waals surface area contributed by atoms with Gasteiger partial charge in [0.25, 0.3) is 0 Å². The molecule has 2 atom stereocenters. The van der Waals surface area contributed by atoms with E-state index in [-0.39, 0.29) is 11.8 Å². The molecule has 8 heavy (non-hydrogen) atoms. The maximum absolute atomic E-state index is 10.0. The number of carbonyl (C=O) groups excluding carboxylic acids is 1. The molecule has 2 nitrogen and oxygen atoms in total. The van der Waals surface area contributed by atoms with Gasteiger partial charge in [-0.15, -0.1) is 0 Å². The first-order valence-electron chi connectivity index (χ1n) is 2.73. The van der Waals surface area contributed by atoms with E-state index in [1.165, 1.54) is 0 Å². The van der Waals surface area contributed by atoms with E-state index in [2.05, 4.69) is 6.07 Å². The minimum absolute atomic E-state index is 0.0347. The number of nitrogens with zero attached hydrogens (tertiary/aromatic N) is 1. The highest BCUT2D eigenvalue weighted by Gasteiger charge is 2.29. The average Bonchev–Trinajstić information content (AvgIpc) is 1.66. The lowest BCUT2D eigenvalue weighted by Crippen LogP contribution is -2.25. The van der Waals surface area contributed by atoms with Gasteiger partial charge < -0.3 is 4.79 Å². The van der Waals surface area contributed by atoms with E-state index < -0.39 is 0 Å². The van der Waals surface area contributed by atoms with Crippen LogP contribution in [0.3, 0.4) is 0 Å². The van der Waals surface area contributed by atoms with Gasteiger partial charge in [0, 0.05) is 5.92 Å². The molecule has 1 rings (SSSR count). The molecule has 0 aromatic heterocycles. The lowest BCUT2D eigenvalue weighted by molar-refractivity contribution is -0.114. The summed E-state index contributed by atoms with van der Waals surface area (Å²) in [6.07, 6.45) is 2.72. The van der Waals surface area contributed by atoms with Gasteiger partial charge in [-0.25, -0.2) is 0 Å². The molecule has 0 N–H and O–H groups in total. The van der Waals surface area contributed by atoms with Crippen molar-refractivity contribution >= 4 is 6.29 Å². The number of carbonyl (C=O) groups is 1. The molecule has 2 heteroatoms. The molecule has 0 amide bonds. The predicted octanol–water partition coefficient (Wildman–Crippen LogP) is 0.735. The molecule has 0 saturated heterocycles. The summed E-state index contributed by atoms with van der Waals surface area (Å²) in [7, 11) is 0. The summed E-state index contributed by atoms with van der Waals surface area (Å²) in [5.74, 6) is 0.0903. The molecule has 1 aliphatic rings. The zero-order valence-electron chi connectivity index (χ0n) is 4.50. The van der Waals surface area contributed by atoms with E-state index >= 15 is 0 Å². The van der Waals surface area contributed by atoms with Crippen LogP contribution >= 0.6 is 0 Å². The van der Waals surface area contributed by atoms with E-state index in [0.717, 1.165) is 19.1 Å². The molecular formula is C6H7NO. The van der Waals surface area contributed by atoms with Gasteiger partial charge in [0.15, 0.2) is 0 Å². The number of hydrogen-bond acceptors (Lipinski definition) is 2. The van der Waals surface area contributed by atoms with Crippen LogP contribution in [0.4, 0.5) is 0 Å². The fraction of sp³-hybridized carbons (Fsp3) is 0.667. The van der Waals surface area contributed by atoms with Gasteiger partial charge in [0.1, 0.15) is 6.29 Å². The Balaban J connectivity index is 2.40. The van der Waals surface area contributed by atoms with Crippen molar-refractivity contribution in [2.75, 3.05) is 0 Å². The van der Waals surface area contributed by atoms with Gasteiger partial charge in [0.05, 0.1) is 12.0 Å². The van der Waals surface area contributed by atoms with Gasteiger partial charge >= 0.3 is 0 Å². The molecule has 2 unspecified atom stereocenters. The molecule has 42 valence electrons. The van der Waals surface area contributed by atoms with Crippen LogP contribution in [0.1, 0.15) is 12.8 Å². The Morgan fingerprint density at radius 1 is 1.62 bits per heavy atom. The van der Waals surface area contributed by atoms with Crippen LogP contribution in [0, 0.1) is 23.2 Å². The molecule has 1 saturated carbocycles. The van der Waals surface area contributed by atoms with E-state index in [1.807, 2.05) is 0 Å². The summed E-state index contributed by atoms with van der Waals surface area (Å²) in [5, 5.41) is 8.28. The standard InChI is InChI=1S/C6H7NO/c7-3-5-1-2-6(5)4-8/h4-6H,1-2H2. The van der Waals surface area contributed by atoms with E-state index in [0.29, 0.717) is 0 Å². The lowest BCUT2D eigenvalue weighted by Gasteiger charge is -2.25. The van der Waals surface area contributed by atoms with Crippen LogP contribution < -0.4 is 0 Å². The summed E-state index contributed by atoms with van der Waals surface area (Å²) >= 11 is 0. The third-order valence-electron chi connectivity index (χ3n) is 1.67. The number of nitriles is 1. The third-order valence-corrected chi connectivity index (χ3v) is 1.67. The van der Waals surface area contributed by atoms with Crippen molar-refractivity contribution in [3.05, 3.63) is 0 Å². The van der Waals surface area contributed by atoms with Crippen molar-refractivity contribution in [1.82, 2.24) is 0 Å². The average molecular weight is 109 g/mol. The fourth-order valence-corrected chi connectivity index (χ4v) is 0.849. The van der Waals surface area contributed by atoms with Crippen LogP contribution in [-0.2, 0) is 4.79 Å². The van der Waals surface area contributed by atoms with E-state index in [9.17, 15) is 4.79 Å². The Morgan fingerprint density at radius 3 is 2.50 bits per heavy atom. The number of rotatable bonds is 1. The molecule has 0 heterocycles. The zero-order valence-corrected chi connectivity index (χ0v) is 4.50. The Morgan fingerprint density at radius 2 is 2.38 bits per heavy atom. The van der Waals surface area contributed by atoms with Crippen molar-refractivity contribution in [1.29, 1.82) is 5.26 Å². The number of aldehydes is 1. The monoisotopic (exact) mass is 109 g/mol.